The van der Waals surface area contributed by atoms with Gasteiger partial charge in [-0.3, -0.25) is 14.5 Å². The Kier molecular flexibility index (Phi) is 6.37. The summed E-state index contributed by atoms with van der Waals surface area (Å²) in [5, 5.41) is 9.44. The van der Waals surface area contributed by atoms with Gasteiger partial charge < -0.3 is 10.0 Å². The molecule has 5 heteroatoms. The van der Waals surface area contributed by atoms with Crippen molar-refractivity contribution in [1.82, 2.24) is 9.80 Å². The van der Waals surface area contributed by atoms with Gasteiger partial charge in [-0.05, 0) is 31.7 Å². The lowest BCUT2D eigenvalue weighted by Gasteiger charge is -2.40. The molecule has 132 valence electrons. The number of aliphatic carboxylic acids is 1. The highest BCUT2D eigenvalue weighted by Crippen LogP contribution is 2.31. The lowest BCUT2D eigenvalue weighted by Crippen LogP contribution is -2.49. The zero-order valence-corrected chi connectivity index (χ0v) is 14.8. The van der Waals surface area contributed by atoms with Crippen molar-refractivity contribution in [3.8, 4) is 0 Å². The Morgan fingerprint density at radius 2 is 1.83 bits per heavy atom. The van der Waals surface area contributed by atoms with E-state index in [1.165, 1.54) is 0 Å². The first-order valence-electron chi connectivity index (χ1n) is 8.78. The number of benzene rings is 1. The Morgan fingerprint density at radius 3 is 2.38 bits per heavy atom. The van der Waals surface area contributed by atoms with Crippen molar-refractivity contribution in [1.29, 1.82) is 0 Å². The van der Waals surface area contributed by atoms with Gasteiger partial charge >= 0.3 is 5.97 Å². The van der Waals surface area contributed by atoms with Gasteiger partial charge in [-0.15, -0.1) is 0 Å². The summed E-state index contributed by atoms with van der Waals surface area (Å²) in [5.41, 5.74) is 0.938. The van der Waals surface area contributed by atoms with Crippen molar-refractivity contribution in [3.63, 3.8) is 0 Å². The van der Waals surface area contributed by atoms with Crippen LogP contribution in [0.3, 0.4) is 0 Å². The molecule has 0 aromatic heterocycles. The summed E-state index contributed by atoms with van der Waals surface area (Å²) in [5.74, 6) is -0.863. The van der Waals surface area contributed by atoms with E-state index in [1.54, 1.807) is 0 Å². The van der Waals surface area contributed by atoms with Crippen molar-refractivity contribution in [3.05, 3.63) is 35.9 Å². The lowest BCUT2D eigenvalue weighted by molar-refractivity contribution is -0.148. The molecule has 2 rings (SSSR count). The van der Waals surface area contributed by atoms with Gasteiger partial charge in [-0.25, -0.2) is 0 Å². The molecular formula is C19H28N2O3. The van der Waals surface area contributed by atoms with Crippen molar-refractivity contribution < 1.29 is 14.7 Å². The van der Waals surface area contributed by atoms with Crippen LogP contribution in [-0.2, 0) is 9.59 Å². The average Bonchev–Trinajstić information content (AvgIpc) is 2.56. The number of carboxylic acid groups (broad SMARTS) is 1. The van der Waals surface area contributed by atoms with Crippen molar-refractivity contribution in [2.45, 2.75) is 33.2 Å². The predicted octanol–water partition coefficient (Wildman–Crippen LogP) is 2.64. The Balaban J connectivity index is 2.34. The Hall–Kier alpha value is -1.88. The maximum absolute atomic E-state index is 13.1. The van der Waals surface area contributed by atoms with E-state index < -0.39 is 17.9 Å². The summed E-state index contributed by atoms with van der Waals surface area (Å²) >= 11 is 0. The summed E-state index contributed by atoms with van der Waals surface area (Å²) in [6.45, 7) is 8.49. The zero-order chi connectivity index (χ0) is 17.7. The average molecular weight is 332 g/mol. The quantitative estimate of drug-likeness (QED) is 0.870. The van der Waals surface area contributed by atoms with Gasteiger partial charge in [-0.1, -0.05) is 37.3 Å². The largest absolute Gasteiger partial charge is 0.481 e. The minimum Gasteiger partial charge on any atom is -0.481 e. The SMILES string of the molecule is CCN(CC)C(=O)C(c1ccccc1)N1CC(C)CC(C(=O)O)C1. The maximum Gasteiger partial charge on any atom is 0.307 e. The molecule has 0 aliphatic carbocycles. The summed E-state index contributed by atoms with van der Waals surface area (Å²) in [4.78, 5) is 28.5. The number of hydrogen-bond acceptors (Lipinski definition) is 3. The number of likely N-dealkylation sites (N-methyl/N-ethyl adjacent to an activating group) is 1. The highest BCUT2D eigenvalue weighted by atomic mass is 16.4. The molecule has 0 spiro atoms. The Bertz CT molecular complexity index is 557. The van der Waals surface area contributed by atoms with Crippen LogP contribution in [0.15, 0.2) is 30.3 Å². The molecule has 3 unspecified atom stereocenters. The number of piperidine rings is 1. The first-order valence-corrected chi connectivity index (χ1v) is 8.78. The predicted molar refractivity (Wildman–Crippen MR) is 93.6 cm³/mol. The van der Waals surface area contributed by atoms with Gasteiger partial charge in [0.1, 0.15) is 6.04 Å². The molecule has 24 heavy (non-hydrogen) atoms. The van der Waals surface area contributed by atoms with Gasteiger partial charge in [0, 0.05) is 26.2 Å². The van der Waals surface area contributed by atoms with Crippen LogP contribution in [0.1, 0.15) is 38.8 Å². The molecule has 0 saturated carbocycles. The van der Waals surface area contributed by atoms with Crippen molar-refractivity contribution in [2.75, 3.05) is 26.2 Å². The molecule has 1 aromatic rings. The second kappa shape index (κ2) is 8.29. The molecule has 5 nitrogen and oxygen atoms in total. The fourth-order valence-electron chi connectivity index (χ4n) is 3.64. The van der Waals surface area contributed by atoms with Crippen LogP contribution >= 0.6 is 0 Å². The smallest absolute Gasteiger partial charge is 0.307 e. The Labute approximate surface area is 144 Å². The topological polar surface area (TPSA) is 60.9 Å². The second-order valence-electron chi connectivity index (χ2n) is 6.65. The van der Waals surface area contributed by atoms with Crippen LogP contribution in [-0.4, -0.2) is 53.0 Å². The lowest BCUT2D eigenvalue weighted by atomic mass is 9.88. The first kappa shape index (κ1) is 18.5. The van der Waals surface area contributed by atoms with E-state index in [9.17, 15) is 14.7 Å². The third-order valence-electron chi connectivity index (χ3n) is 4.83. The molecule has 3 atom stereocenters. The van der Waals surface area contributed by atoms with Gasteiger partial charge in [-0.2, -0.15) is 0 Å². The van der Waals surface area contributed by atoms with Gasteiger partial charge in [0.2, 0.25) is 5.91 Å². The van der Waals surface area contributed by atoms with E-state index >= 15 is 0 Å². The third kappa shape index (κ3) is 4.15. The van der Waals surface area contributed by atoms with Crippen LogP contribution in [0.2, 0.25) is 0 Å². The maximum atomic E-state index is 13.1. The zero-order valence-electron chi connectivity index (χ0n) is 14.8. The number of nitrogens with zero attached hydrogens (tertiary/aromatic N) is 2. The minimum absolute atomic E-state index is 0.0597. The number of rotatable bonds is 6. The number of carboxylic acids is 1. The monoisotopic (exact) mass is 332 g/mol. The molecule has 1 fully saturated rings. The molecule has 1 amide bonds. The molecule has 0 radical (unpaired) electrons. The van der Waals surface area contributed by atoms with Crippen LogP contribution in [0.4, 0.5) is 0 Å². The fourth-order valence-corrected chi connectivity index (χ4v) is 3.64. The second-order valence-corrected chi connectivity index (χ2v) is 6.65. The third-order valence-corrected chi connectivity index (χ3v) is 4.83. The summed E-state index contributed by atoms with van der Waals surface area (Å²) in [6, 6.07) is 9.30. The molecule has 1 N–H and O–H groups in total. The van der Waals surface area contributed by atoms with E-state index in [4.69, 9.17) is 0 Å². The van der Waals surface area contributed by atoms with Gasteiger partial charge in [0.15, 0.2) is 0 Å². The number of amides is 1. The fraction of sp³-hybridized carbons (Fsp3) is 0.579. The van der Waals surface area contributed by atoms with Crippen LogP contribution < -0.4 is 0 Å². The molecule has 1 aliphatic heterocycles. The number of carbonyl (C=O) groups is 2. The summed E-state index contributed by atoms with van der Waals surface area (Å²) in [6.07, 6.45) is 0.673. The molecule has 0 bridgehead atoms. The molecule has 1 aliphatic rings. The molecule has 1 heterocycles. The molecule has 1 saturated heterocycles. The highest BCUT2D eigenvalue weighted by Gasteiger charge is 2.37. The van der Waals surface area contributed by atoms with Crippen molar-refractivity contribution in [2.24, 2.45) is 11.8 Å². The molecule has 1 aromatic carbocycles. The number of hydrogen-bond donors (Lipinski definition) is 1. The van der Waals surface area contributed by atoms with E-state index in [2.05, 4.69) is 11.8 Å². The standard InChI is InChI=1S/C19H28N2O3/c1-4-20(5-2)18(22)17(15-9-7-6-8-10-15)21-12-14(3)11-16(13-21)19(23)24/h6-10,14,16-17H,4-5,11-13H2,1-3H3,(H,23,24). The highest BCUT2D eigenvalue weighted by molar-refractivity contribution is 5.83. The number of likely N-dealkylation sites (tertiary alicyclic amines) is 1. The molecular weight excluding hydrogens is 304 g/mol. The van der Waals surface area contributed by atoms with E-state index in [0.29, 0.717) is 26.1 Å². The van der Waals surface area contributed by atoms with E-state index in [0.717, 1.165) is 12.1 Å². The van der Waals surface area contributed by atoms with Crippen molar-refractivity contribution >= 4 is 11.9 Å². The number of carbonyl (C=O) groups excluding carboxylic acids is 1. The minimum atomic E-state index is -0.770. The summed E-state index contributed by atoms with van der Waals surface area (Å²) in [7, 11) is 0. The summed E-state index contributed by atoms with van der Waals surface area (Å²) < 4.78 is 0. The normalized spacial score (nSPS) is 22.8. The Morgan fingerprint density at radius 1 is 1.21 bits per heavy atom. The van der Waals surface area contributed by atoms with E-state index in [-0.39, 0.29) is 11.8 Å². The van der Waals surface area contributed by atoms with Gasteiger partial charge in [0.05, 0.1) is 5.92 Å². The van der Waals surface area contributed by atoms with Crippen LogP contribution in [0, 0.1) is 11.8 Å². The van der Waals surface area contributed by atoms with Crippen LogP contribution in [0.25, 0.3) is 0 Å². The van der Waals surface area contributed by atoms with Crippen LogP contribution in [0.5, 0.6) is 0 Å². The van der Waals surface area contributed by atoms with Gasteiger partial charge in [0.25, 0.3) is 0 Å². The first-order chi connectivity index (χ1) is 11.5. The van der Waals surface area contributed by atoms with E-state index in [1.807, 2.05) is 49.1 Å².